The normalized spacial score (nSPS) is 17.4. The third kappa shape index (κ3) is 2.94. The van der Waals surface area contributed by atoms with Crippen LogP contribution in [0.25, 0.3) is 0 Å². The molecule has 112 valence electrons. The third-order valence-corrected chi connectivity index (χ3v) is 5.40. The highest BCUT2D eigenvalue weighted by molar-refractivity contribution is 7.89. The first kappa shape index (κ1) is 15.2. The summed E-state index contributed by atoms with van der Waals surface area (Å²) in [5.74, 6) is -0.233. The molecule has 0 aliphatic carbocycles. The van der Waals surface area contributed by atoms with Crippen molar-refractivity contribution in [2.75, 3.05) is 31.9 Å². The highest BCUT2D eigenvalue weighted by Crippen LogP contribution is 2.11. The minimum Gasteiger partial charge on any atom is -0.333 e. The molecule has 0 bridgehead atoms. The molecule has 1 aliphatic rings. The van der Waals surface area contributed by atoms with Crippen molar-refractivity contribution in [2.45, 2.75) is 6.92 Å². The van der Waals surface area contributed by atoms with Crippen molar-refractivity contribution < 1.29 is 13.2 Å². The number of hydrogen-bond acceptors (Lipinski definition) is 5. The molecule has 1 aliphatic heterocycles. The summed E-state index contributed by atoms with van der Waals surface area (Å²) in [6.07, 6.45) is 0. The zero-order chi connectivity index (χ0) is 14.9. The van der Waals surface area contributed by atoms with Gasteiger partial charge in [0.1, 0.15) is 0 Å². The number of aryl methyl sites for hydroxylation is 1. The molecule has 20 heavy (non-hydrogen) atoms. The van der Waals surface area contributed by atoms with E-state index in [9.17, 15) is 13.2 Å². The highest BCUT2D eigenvalue weighted by atomic mass is 35.5. The summed E-state index contributed by atoms with van der Waals surface area (Å²) in [5.41, 5.74) is 0. The Hall–Kier alpha value is -1.19. The minimum atomic E-state index is -3.20. The van der Waals surface area contributed by atoms with E-state index in [1.54, 1.807) is 14.0 Å². The van der Waals surface area contributed by atoms with E-state index in [0.29, 0.717) is 26.2 Å². The fourth-order valence-electron chi connectivity index (χ4n) is 1.95. The lowest BCUT2D eigenvalue weighted by Crippen LogP contribution is -2.51. The highest BCUT2D eigenvalue weighted by Gasteiger charge is 2.29. The van der Waals surface area contributed by atoms with E-state index in [1.165, 1.54) is 13.9 Å². The van der Waals surface area contributed by atoms with Gasteiger partial charge in [-0.05, 0) is 18.5 Å². The quantitative estimate of drug-likeness (QED) is 0.754. The number of piperazine rings is 1. The van der Waals surface area contributed by atoms with Gasteiger partial charge in [0.05, 0.1) is 5.75 Å². The molecule has 0 atom stereocenters. The zero-order valence-corrected chi connectivity index (χ0v) is 12.9. The van der Waals surface area contributed by atoms with E-state index >= 15 is 0 Å². The average Bonchev–Trinajstić information content (AvgIpc) is 2.78. The number of sulfonamides is 1. The van der Waals surface area contributed by atoms with Crippen LogP contribution in [0, 0.1) is 0 Å². The molecule has 1 amide bonds. The summed E-state index contributed by atoms with van der Waals surface area (Å²) >= 11 is 5.75. The molecule has 8 nitrogen and oxygen atoms in total. The molecule has 2 heterocycles. The molecule has 0 aromatic carbocycles. The average molecular weight is 322 g/mol. The summed E-state index contributed by atoms with van der Waals surface area (Å²) < 4.78 is 26.2. The maximum Gasteiger partial charge on any atom is 0.293 e. The van der Waals surface area contributed by atoms with E-state index in [0.717, 1.165) is 0 Å². The van der Waals surface area contributed by atoms with Crippen LogP contribution < -0.4 is 0 Å². The Morgan fingerprint density at radius 1 is 1.30 bits per heavy atom. The van der Waals surface area contributed by atoms with Gasteiger partial charge < -0.3 is 4.90 Å². The van der Waals surface area contributed by atoms with Crippen molar-refractivity contribution >= 4 is 27.5 Å². The van der Waals surface area contributed by atoms with Crippen molar-refractivity contribution in [1.29, 1.82) is 0 Å². The van der Waals surface area contributed by atoms with Gasteiger partial charge in [-0.2, -0.15) is 9.29 Å². The molecular formula is C10H16ClN5O3S. The Kier molecular flexibility index (Phi) is 4.31. The van der Waals surface area contributed by atoms with Gasteiger partial charge in [0.15, 0.2) is 0 Å². The molecule has 0 N–H and O–H groups in total. The third-order valence-electron chi connectivity index (χ3n) is 3.19. The number of halogens is 1. The van der Waals surface area contributed by atoms with Crippen LogP contribution in [-0.2, 0) is 17.1 Å². The van der Waals surface area contributed by atoms with Crippen LogP contribution in [0.4, 0.5) is 0 Å². The maximum atomic E-state index is 12.2. The number of rotatable bonds is 3. The number of nitrogens with zero attached hydrogens (tertiary/aromatic N) is 5. The van der Waals surface area contributed by atoms with Gasteiger partial charge in [-0.15, -0.1) is 5.10 Å². The Labute approximate surface area is 122 Å². The second-order valence-electron chi connectivity index (χ2n) is 4.42. The van der Waals surface area contributed by atoms with E-state index in [-0.39, 0.29) is 22.8 Å². The largest absolute Gasteiger partial charge is 0.333 e. The van der Waals surface area contributed by atoms with Gasteiger partial charge in [0.2, 0.25) is 21.1 Å². The van der Waals surface area contributed by atoms with Gasteiger partial charge in [-0.1, -0.05) is 0 Å². The molecular weight excluding hydrogens is 306 g/mol. The number of hydrogen-bond donors (Lipinski definition) is 0. The number of aromatic nitrogens is 3. The Morgan fingerprint density at radius 2 is 1.90 bits per heavy atom. The first-order valence-corrected chi connectivity index (χ1v) is 8.17. The monoisotopic (exact) mass is 321 g/mol. The molecule has 0 radical (unpaired) electrons. The molecule has 1 saturated heterocycles. The Bertz CT molecular complexity index is 587. The van der Waals surface area contributed by atoms with Gasteiger partial charge >= 0.3 is 0 Å². The van der Waals surface area contributed by atoms with Crippen LogP contribution in [-0.4, -0.2) is 70.2 Å². The van der Waals surface area contributed by atoms with Crippen LogP contribution in [0.5, 0.6) is 0 Å². The van der Waals surface area contributed by atoms with E-state index in [2.05, 4.69) is 10.1 Å². The van der Waals surface area contributed by atoms with Crippen LogP contribution in [0.2, 0.25) is 5.28 Å². The fraction of sp³-hybridized carbons (Fsp3) is 0.700. The van der Waals surface area contributed by atoms with Crippen molar-refractivity contribution in [3.05, 3.63) is 11.1 Å². The smallest absolute Gasteiger partial charge is 0.293 e. The van der Waals surface area contributed by atoms with E-state index in [4.69, 9.17) is 11.6 Å². The summed E-state index contributed by atoms with van der Waals surface area (Å²) in [4.78, 5) is 17.6. The van der Waals surface area contributed by atoms with Crippen molar-refractivity contribution in [2.24, 2.45) is 7.05 Å². The molecule has 0 unspecified atom stereocenters. The van der Waals surface area contributed by atoms with Crippen LogP contribution >= 0.6 is 11.6 Å². The number of carbonyl (C=O) groups is 1. The van der Waals surface area contributed by atoms with Crippen molar-refractivity contribution in [1.82, 2.24) is 24.0 Å². The van der Waals surface area contributed by atoms with Crippen LogP contribution in [0.15, 0.2) is 0 Å². The topological polar surface area (TPSA) is 88.4 Å². The summed E-state index contributed by atoms with van der Waals surface area (Å²) in [5, 5.41) is 4.06. The van der Waals surface area contributed by atoms with Crippen LogP contribution in [0.1, 0.15) is 17.5 Å². The second-order valence-corrected chi connectivity index (χ2v) is 7.02. The lowest BCUT2D eigenvalue weighted by Gasteiger charge is -2.33. The summed E-state index contributed by atoms with van der Waals surface area (Å²) in [6, 6.07) is 0. The molecule has 1 aromatic rings. The van der Waals surface area contributed by atoms with E-state index < -0.39 is 10.0 Å². The van der Waals surface area contributed by atoms with Crippen LogP contribution in [0.3, 0.4) is 0 Å². The predicted molar refractivity (Wildman–Crippen MR) is 73.0 cm³/mol. The van der Waals surface area contributed by atoms with Gasteiger partial charge in [0, 0.05) is 33.2 Å². The first-order valence-electron chi connectivity index (χ1n) is 6.18. The molecule has 0 saturated carbocycles. The zero-order valence-electron chi connectivity index (χ0n) is 11.3. The lowest BCUT2D eigenvalue weighted by atomic mass is 10.3. The SMILES string of the molecule is CCS(=O)(=O)N1CCN(C(=O)c2nc(Cl)n(C)n2)CC1. The second kappa shape index (κ2) is 5.66. The Morgan fingerprint density at radius 3 is 2.35 bits per heavy atom. The van der Waals surface area contributed by atoms with Gasteiger partial charge in [0.25, 0.3) is 5.91 Å². The predicted octanol–water partition coefficient (Wildman–Crippen LogP) is -0.424. The van der Waals surface area contributed by atoms with Crippen molar-refractivity contribution in [3.63, 3.8) is 0 Å². The summed E-state index contributed by atoms with van der Waals surface area (Å²) in [7, 11) is -1.60. The Balaban J connectivity index is 2.02. The minimum absolute atomic E-state index is 0.0318. The van der Waals surface area contributed by atoms with Gasteiger partial charge in [-0.3, -0.25) is 4.79 Å². The molecule has 2 rings (SSSR count). The fourth-order valence-corrected chi connectivity index (χ4v) is 3.15. The molecule has 1 aromatic heterocycles. The molecule has 10 heteroatoms. The maximum absolute atomic E-state index is 12.2. The summed E-state index contributed by atoms with van der Waals surface area (Å²) in [6.45, 7) is 2.85. The lowest BCUT2D eigenvalue weighted by molar-refractivity contribution is 0.0685. The molecule has 1 fully saturated rings. The molecule has 0 spiro atoms. The first-order chi connectivity index (χ1) is 9.35. The number of carbonyl (C=O) groups excluding carboxylic acids is 1. The standard InChI is InChI=1S/C10H16ClN5O3S/c1-3-20(18,19)16-6-4-15(5-7-16)9(17)8-12-10(11)14(2)13-8/h3-7H2,1-2H3. The number of amides is 1. The van der Waals surface area contributed by atoms with E-state index in [1.807, 2.05) is 0 Å². The van der Waals surface area contributed by atoms with Crippen molar-refractivity contribution in [3.8, 4) is 0 Å². The van der Waals surface area contributed by atoms with Gasteiger partial charge in [-0.25, -0.2) is 13.1 Å².